The molecule has 1 aromatic heterocycles. The largest absolute Gasteiger partial charge is 0.493 e. The Morgan fingerprint density at radius 1 is 1.13 bits per heavy atom. The van der Waals surface area contributed by atoms with Crippen molar-refractivity contribution < 1.29 is 28.1 Å². The highest BCUT2D eigenvalue weighted by Gasteiger charge is 2.19. The molecule has 1 atom stereocenters. The van der Waals surface area contributed by atoms with Gasteiger partial charge in [0.05, 0.1) is 38.8 Å². The van der Waals surface area contributed by atoms with E-state index in [-0.39, 0.29) is 17.7 Å². The number of allylic oxidation sites excluding steroid dienone is 3. The van der Waals surface area contributed by atoms with Crippen LogP contribution in [0.4, 0.5) is 4.39 Å². The van der Waals surface area contributed by atoms with Gasteiger partial charge in [-0.3, -0.25) is 9.89 Å². The molecule has 0 bridgehead atoms. The molecule has 0 aliphatic heterocycles. The number of carbonyl (C=O) groups is 1. The maximum atomic E-state index is 14.3. The highest BCUT2D eigenvalue weighted by Crippen LogP contribution is 2.38. The van der Waals surface area contributed by atoms with Gasteiger partial charge in [-0.2, -0.15) is 5.10 Å². The Labute approximate surface area is 173 Å². The first-order chi connectivity index (χ1) is 14.5. The summed E-state index contributed by atoms with van der Waals surface area (Å²) in [5.74, 6) is 0.529. The molecule has 0 spiro atoms. The lowest BCUT2D eigenvalue weighted by atomic mass is 10.0. The van der Waals surface area contributed by atoms with E-state index in [0.717, 1.165) is 0 Å². The topological polar surface area (TPSA) is 82.7 Å². The molecule has 0 radical (unpaired) electrons. The van der Waals surface area contributed by atoms with Crippen LogP contribution in [0.3, 0.4) is 0 Å². The summed E-state index contributed by atoms with van der Waals surface area (Å²) in [6.45, 7) is 0. The van der Waals surface area contributed by atoms with Crippen LogP contribution in [-0.2, 0) is 4.74 Å². The van der Waals surface area contributed by atoms with Crippen molar-refractivity contribution in [2.45, 2.75) is 12.5 Å². The van der Waals surface area contributed by atoms with Gasteiger partial charge in [0.15, 0.2) is 17.3 Å². The summed E-state index contributed by atoms with van der Waals surface area (Å²) in [5, 5.41) is 6.93. The van der Waals surface area contributed by atoms with Gasteiger partial charge in [-0.15, -0.1) is 0 Å². The van der Waals surface area contributed by atoms with Gasteiger partial charge in [0.2, 0.25) is 5.75 Å². The van der Waals surface area contributed by atoms with Crippen LogP contribution >= 0.6 is 0 Å². The number of carbonyl (C=O) groups excluding carboxylic acids is 1. The van der Waals surface area contributed by atoms with E-state index >= 15 is 0 Å². The molecule has 1 unspecified atom stereocenters. The van der Waals surface area contributed by atoms with Gasteiger partial charge in [0.25, 0.3) is 0 Å². The molecule has 0 saturated carbocycles. The van der Waals surface area contributed by atoms with E-state index in [1.807, 2.05) is 0 Å². The summed E-state index contributed by atoms with van der Waals surface area (Å²) in [5.41, 5.74) is 1.79. The first kappa shape index (κ1) is 21.3. The van der Waals surface area contributed by atoms with Gasteiger partial charge in [-0.1, -0.05) is 6.08 Å². The third kappa shape index (κ3) is 4.44. The number of H-pyrrole nitrogens is 1. The minimum absolute atomic E-state index is 0.267. The lowest BCUT2D eigenvalue weighted by molar-refractivity contribution is 0.104. The molecule has 30 heavy (non-hydrogen) atoms. The lowest BCUT2D eigenvalue weighted by Gasteiger charge is -2.15. The predicted octanol–water partition coefficient (Wildman–Crippen LogP) is 3.99. The molecule has 2 aromatic rings. The third-order valence-corrected chi connectivity index (χ3v) is 4.68. The Morgan fingerprint density at radius 3 is 2.40 bits per heavy atom. The zero-order valence-corrected chi connectivity index (χ0v) is 17.2. The van der Waals surface area contributed by atoms with E-state index in [9.17, 15) is 9.18 Å². The smallest absolute Gasteiger partial charge is 0.203 e. The van der Waals surface area contributed by atoms with Crippen molar-refractivity contribution in [1.82, 2.24) is 10.2 Å². The number of aromatic nitrogens is 2. The lowest BCUT2D eigenvalue weighted by Crippen LogP contribution is -2.10. The van der Waals surface area contributed by atoms with Crippen LogP contribution in [0.2, 0.25) is 0 Å². The van der Waals surface area contributed by atoms with Crippen LogP contribution in [0.25, 0.3) is 11.6 Å². The van der Waals surface area contributed by atoms with Crippen molar-refractivity contribution in [3.8, 4) is 17.2 Å². The van der Waals surface area contributed by atoms with Gasteiger partial charge in [0, 0.05) is 18.2 Å². The molecule has 7 nitrogen and oxygen atoms in total. The van der Waals surface area contributed by atoms with Crippen molar-refractivity contribution in [2.75, 3.05) is 28.4 Å². The second-order valence-corrected chi connectivity index (χ2v) is 6.46. The fourth-order valence-electron chi connectivity index (χ4n) is 3.09. The normalized spacial score (nSPS) is 16.2. The number of ketones is 1. The Balaban J connectivity index is 1.78. The second kappa shape index (κ2) is 9.41. The van der Waals surface area contributed by atoms with Crippen LogP contribution in [-0.4, -0.2) is 50.5 Å². The third-order valence-electron chi connectivity index (χ3n) is 4.68. The van der Waals surface area contributed by atoms with Gasteiger partial charge < -0.3 is 18.9 Å². The van der Waals surface area contributed by atoms with Gasteiger partial charge in [0.1, 0.15) is 5.83 Å². The van der Waals surface area contributed by atoms with Crippen molar-refractivity contribution in [3.05, 3.63) is 59.2 Å². The minimum atomic E-state index is -0.386. The molecule has 1 N–H and O–H groups in total. The zero-order valence-electron chi connectivity index (χ0n) is 17.2. The quantitative estimate of drug-likeness (QED) is 0.520. The fraction of sp³-hybridized carbons (Fsp3) is 0.273. The molecule has 1 aromatic carbocycles. The molecule has 0 fully saturated rings. The van der Waals surface area contributed by atoms with Crippen molar-refractivity contribution in [3.63, 3.8) is 0 Å². The van der Waals surface area contributed by atoms with E-state index < -0.39 is 0 Å². The van der Waals surface area contributed by atoms with Crippen LogP contribution in [0, 0.1) is 0 Å². The van der Waals surface area contributed by atoms with E-state index in [1.54, 1.807) is 30.4 Å². The molecular weight excluding hydrogens is 391 g/mol. The van der Waals surface area contributed by atoms with Gasteiger partial charge in [-0.25, -0.2) is 4.39 Å². The number of nitrogens with zero attached hydrogens (tertiary/aromatic N) is 1. The SMILES string of the molecule is COc1cc(C(=O)/C=C/c2cc(C3=CCC(OC)C=C3F)n[nH]2)cc(OC)c1OC. The molecule has 1 aliphatic carbocycles. The average molecular weight is 414 g/mol. The Morgan fingerprint density at radius 2 is 1.83 bits per heavy atom. The number of hydrogen-bond acceptors (Lipinski definition) is 6. The number of ether oxygens (including phenoxy) is 4. The highest BCUT2D eigenvalue weighted by molar-refractivity contribution is 6.07. The predicted molar refractivity (Wildman–Crippen MR) is 111 cm³/mol. The Bertz CT molecular complexity index is 997. The van der Waals surface area contributed by atoms with Crippen molar-refractivity contribution in [2.24, 2.45) is 0 Å². The summed E-state index contributed by atoms with van der Waals surface area (Å²) in [7, 11) is 5.99. The van der Waals surface area contributed by atoms with Gasteiger partial charge in [-0.05, 0) is 42.8 Å². The van der Waals surface area contributed by atoms with E-state index in [2.05, 4.69) is 10.2 Å². The molecule has 0 amide bonds. The number of hydrogen-bond donors (Lipinski definition) is 1. The zero-order chi connectivity index (χ0) is 21.7. The fourth-order valence-corrected chi connectivity index (χ4v) is 3.09. The number of benzene rings is 1. The molecular formula is C22H23FN2O5. The van der Waals surface area contributed by atoms with Crippen LogP contribution in [0.1, 0.15) is 28.2 Å². The molecule has 158 valence electrons. The first-order valence-electron chi connectivity index (χ1n) is 9.19. The second-order valence-electron chi connectivity index (χ2n) is 6.46. The maximum absolute atomic E-state index is 14.3. The number of nitrogens with one attached hydrogen (secondary N) is 1. The standard InChI is InChI=1S/C22H23FN2O5/c1-27-15-6-7-16(17(23)12-15)18-11-14(24-25-18)5-8-19(26)13-9-20(28-2)22(30-4)21(10-13)29-3/h5,7-12,15H,6H2,1-4H3,(H,24,25)/b8-5+. The summed E-state index contributed by atoms with van der Waals surface area (Å²) in [6, 6.07) is 4.82. The van der Waals surface area contributed by atoms with Crippen LogP contribution in [0.5, 0.6) is 17.2 Å². The number of halogens is 1. The van der Waals surface area contributed by atoms with Gasteiger partial charge >= 0.3 is 0 Å². The maximum Gasteiger partial charge on any atom is 0.203 e. The Kier molecular flexibility index (Phi) is 6.68. The van der Waals surface area contributed by atoms with E-state index in [4.69, 9.17) is 18.9 Å². The summed E-state index contributed by atoms with van der Waals surface area (Å²) >= 11 is 0. The highest BCUT2D eigenvalue weighted by atomic mass is 19.1. The molecule has 0 saturated heterocycles. The van der Waals surface area contributed by atoms with Crippen LogP contribution in [0.15, 0.2) is 42.3 Å². The van der Waals surface area contributed by atoms with Crippen molar-refractivity contribution in [1.29, 1.82) is 0 Å². The number of aromatic amines is 1. The minimum Gasteiger partial charge on any atom is -0.493 e. The average Bonchev–Trinajstić information content (AvgIpc) is 3.24. The van der Waals surface area contributed by atoms with Crippen molar-refractivity contribution >= 4 is 17.4 Å². The number of methoxy groups -OCH3 is 4. The van der Waals surface area contributed by atoms with E-state index in [1.165, 1.54) is 40.6 Å². The molecule has 3 rings (SSSR count). The van der Waals surface area contributed by atoms with E-state index in [0.29, 0.717) is 46.2 Å². The first-order valence-corrected chi connectivity index (χ1v) is 9.19. The Hall–Kier alpha value is -3.39. The summed E-state index contributed by atoms with van der Waals surface area (Å²) in [6.07, 6.45) is 6.42. The molecule has 8 heteroatoms. The molecule has 1 heterocycles. The summed E-state index contributed by atoms with van der Waals surface area (Å²) in [4.78, 5) is 12.6. The molecule has 1 aliphatic rings. The monoisotopic (exact) mass is 414 g/mol. The summed E-state index contributed by atoms with van der Waals surface area (Å²) < 4.78 is 35.2. The number of rotatable bonds is 8. The van der Waals surface area contributed by atoms with Crippen LogP contribution < -0.4 is 14.2 Å².